The lowest BCUT2D eigenvalue weighted by atomic mass is 10.2. The average Bonchev–Trinajstić information content (AvgIpc) is 2.39. The van der Waals surface area contributed by atoms with Gasteiger partial charge in [-0.2, -0.15) is 0 Å². The molecule has 0 bridgehead atoms. The van der Waals surface area contributed by atoms with Gasteiger partial charge in [-0.3, -0.25) is 0 Å². The van der Waals surface area contributed by atoms with Crippen LogP contribution in [0.1, 0.15) is 5.56 Å². The number of hydrogen-bond donors (Lipinski definition) is 1. The fraction of sp³-hybridized carbons (Fsp3) is 0. The molecule has 0 aliphatic rings. The van der Waals surface area contributed by atoms with Crippen molar-refractivity contribution in [2.45, 2.75) is 0 Å². The molecule has 3 nitrogen and oxygen atoms in total. The molecule has 0 fully saturated rings. The molecule has 0 heterocycles. The Bertz CT molecular complexity index is 668. The molecule has 102 valence electrons. The smallest absolute Gasteiger partial charge is 0.328 e. The van der Waals surface area contributed by atoms with Crippen molar-refractivity contribution in [2.24, 2.45) is 0 Å². The number of benzene rings is 2. The number of rotatable bonds is 4. The zero-order valence-corrected chi connectivity index (χ0v) is 11.8. The Morgan fingerprint density at radius 1 is 1.25 bits per heavy atom. The Morgan fingerprint density at radius 2 is 2.05 bits per heavy atom. The van der Waals surface area contributed by atoms with Crippen LogP contribution >= 0.6 is 15.9 Å². The molecule has 0 atom stereocenters. The van der Waals surface area contributed by atoms with Gasteiger partial charge in [-0.05, 0) is 36.4 Å². The Hall–Kier alpha value is -2.14. The first kappa shape index (κ1) is 14.3. The molecule has 0 radical (unpaired) electrons. The van der Waals surface area contributed by atoms with Crippen molar-refractivity contribution >= 4 is 28.0 Å². The maximum atomic E-state index is 13.1. The van der Waals surface area contributed by atoms with Crippen molar-refractivity contribution in [2.75, 3.05) is 0 Å². The van der Waals surface area contributed by atoms with Crippen LogP contribution in [-0.2, 0) is 4.79 Å². The Balaban J connectivity index is 2.33. The number of hydrogen-bond acceptors (Lipinski definition) is 2. The van der Waals surface area contributed by atoms with E-state index in [1.165, 1.54) is 24.3 Å². The monoisotopic (exact) mass is 336 g/mol. The van der Waals surface area contributed by atoms with Crippen molar-refractivity contribution in [3.05, 3.63) is 64.4 Å². The largest absolute Gasteiger partial charge is 0.478 e. The summed E-state index contributed by atoms with van der Waals surface area (Å²) in [5.74, 6) is -0.669. The van der Waals surface area contributed by atoms with E-state index < -0.39 is 11.8 Å². The van der Waals surface area contributed by atoms with Crippen LogP contribution in [0.2, 0.25) is 0 Å². The molecule has 2 aromatic carbocycles. The summed E-state index contributed by atoms with van der Waals surface area (Å²) < 4.78 is 19.5. The fourth-order valence-electron chi connectivity index (χ4n) is 1.56. The van der Waals surface area contributed by atoms with Gasteiger partial charge in [-0.25, -0.2) is 9.18 Å². The van der Waals surface area contributed by atoms with Gasteiger partial charge < -0.3 is 9.84 Å². The Kier molecular flexibility index (Phi) is 4.53. The first-order valence-corrected chi connectivity index (χ1v) is 6.48. The van der Waals surface area contributed by atoms with Gasteiger partial charge in [-0.15, -0.1) is 0 Å². The van der Waals surface area contributed by atoms with Gasteiger partial charge in [0.2, 0.25) is 0 Å². The number of halogens is 2. The van der Waals surface area contributed by atoms with Crippen molar-refractivity contribution in [3.63, 3.8) is 0 Å². The lowest BCUT2D eigenvalue weighted by molar-refractivity contribution is -0.131. The van der Waals surface area contributed by atoms with Gasteiger partial charge in [0.25, 0.3) is 0 Å². The highest BCUT2D eigenvalue weighted by molar-refractivity contribution is 9.10. The molecule has 0 saturated heterocycles. The fourth-order valence-corrected chi connectivity index (χ4v) is 1.94. The van der Waals surface area contributed by atoms with Crippen molar-refractivity contribution in [3.8, 4) is 11.5 Å². The van der Waals surface area contributed by atoms with Gasteiger partial charge in [-0.1, -0.05) is 22.0 Å². The van der Waals surface area contributed by atoms with Gasteiger partial charge in [0.05, 0.1) is 0 Å². The van der Waals surface area contributed by atoms with E-state index in [1.54, 1.807) is 24.3 Å². The first-order chi connectivity index (χ1) is 9.54. The van der Waals surface area contributed by atoms with E-state index in [-0.39, 0.29) is 0 Å². The lowest BCUT2D eigenvalue weighted by Crippen LogP contribution is -1.90. The van der Waals surface area contributed by atoms with Crippen LogP contribution in [0.4, 0.5) is 4.39 Å². The van der Waals surface area contributed by atoms with Gasteiger partial charge in [0.15, 0.2) is 0 Å². The van der Waals surface area contributed by atoms with Crippen molar-refractivity contribution in [1.29, 1.82) is 0 Å². The van der Waals surface area contributed by atoms with Crippen LogP contribution in [0.3, 0.4) is 0 Å². The first-order valence-electron chi connectivity index (χ1n) is 5.68. The maximum absolute atomic E-state index is 13.1. The number of aliphatic carboxylic acids is 1. The Labute approximate surface area is 123 Å². The summed E-state index contributed by atoms with van der Waals surface area (Å²) in [6, 6.07) is 10.9. The summed E-state index contributed by atoms with van der Waals surface area (Å²) in [6.45, 7) is 0. The third kappa shape index (κ3) is 3.93. The van der Waals surface area contributed by atoms with Gasteiger partial charge in [0.1, 0.15) is 17.3 Å². The molecule has 0 unspecified atom stereocenters. The summed E-state index contributed by atoms with van der Waals surface area (Å²) >= 11 is 3.30. The summed E-state index contributed by atoms with van der Waals surface area (Å²) in [5.41, 5.74) is 0.575. The van der Waals surface area contributed by atoms with Crippen LogP contribution < -0.4 is 4.74 Å². The van der Waals surface area contributed by atoms with Crippen LogP contribution in [0.25, 0.3) is 6.08 Å². The molecule has 0 amide bonds. The lowest BCUT2D eigenvalue weighted by Gasteiger charge is -2.09. The third-order valence-electron chi connectivity index (χ3n) is 2.40. The maximum Gasteiger partial charge on any atom is 0.328 e. The second kappa shape index (κ2) is 6.34. The van der Waals surface area contributed by atoms with Crippen molar-refractivity contribution < 1.29 is 19.0 Å². The minimum Gasteiger partial charge on any atom is -0.478 e. The average molecular weight is 337 g/mol. The molecule has 5 heteroatoms. The third-order valence-corrected chi connectivity index (χ3v) is 2.89. The number of ether oxygens (including phenoxy) is 1. The molecule has 0 aromatic heterocycles. The summed E-state index contributed by atoms with van der Waals surface area (Å²) in [7, 11) is 0. The Morgan fingerprint density at radius 3 is 2.75 bits per heavy atom. The van der Waals surface area contributed by atoms with E-state index in [1.807, 2.05) is 0 Å². The molecule has 2 rings (SSSR count). The molecule has 20 heavy (non-hydrogen) atoms. The van der Waals surface area contributed by atoms with Gasteiger partial charge >= 0.3 is 5.97 Å². The van der Waals surface area contributed by atoms with Crippen LogP contribution in [-0.4, -0.2) is 11.1 Å². The molecular weight excluding hydrogens is 327 g/mol. The van der Waals surface area contributed by atoms with Crippen molar-refractivity contribution in [1.82, 2.24) is 0 Å². The molecular formula is C15H10BrFO3. The molecule has 2 aromatic rings. The minimum atomic E-state index is -1.05. The van der Waals surface area contributed by atoms with E-state index >= 15 is 0 Å². The van der Waals surface area contributed by atoms with Crippen LogP contribution in [0, 0.1) is 5.82 Å². The molecule has 0 spiro atoms. The molecule has 0 saturated carbocycles. The van der Waals surface area contributed by atoms with E-state index in [9.17, 15) is 9.18 Å². The molecule has 1 N–H and O–H groups in total. The highest BCUT2D eigenvalue weighted by Crippen LogP contribution is 2.29. The zero-order valence-electron chi connectivity index (χ0n) is 10.2. The standard InChI is InChI=1S/C15H10BrFO3/c16-11-5-6-14(10(8-11)4-7-15(18)19)20-13-3-1-2-12(17)9-13/h1-9H,(H,18,19)/b7-4+. The summed E-state index contributed by atoms with van der Waals surface area (Å²) in [5, 5.41) is 8.67. The van der Waals surface area contributed by atoms with E-state index in [2.05, 4.69) is 15.9 Å². The quantitative estimate of drug-likeness (QED) is 0.837. The second-order valence-corrected chi connectivity index (χ2v) is 4.83. The summed E-state index contributed by atoms with van der Waals surface area (Å²) in [4.78, 5) is 10.6. The highest BCUT2D eigenvalue weighted by atomic mass is 79.9. The normalized spacial score (nSPS) is 10.7. The number of carbonyl (C=O) groups is 1. The zero-order chi connectivity index (χ0) is 14.5. The highest BCUT2D eigenvalue weighted by Gasteiger charge is 2.05. The van der Waals surface area contributed by atoms with Gasteiger partial charge in [0, 0.05) is 22.2 Å². The minimum absolute atomic E-state index is 0.345. The molecule has 0 aliphatic heterocycles. The SMILES string of the molecule is O=C(O)/C=C/c1cc(Br)ccc1Oc1cccc(F)c1. The number of carboxylic acids is 1. The van der Waals surface area contributed by atoms with E-state index in [4.69, 9.17) is 9.84 Å². The van der Waals surface area contributed by atoms with Crippen LogP contribution in [0.15, 0.2) is 53.0 Å². The molecule has 0 aliphatic carbocycles. The van der Waals surface area contributed by atoms with E-state index in [0.717, 1.165) is 10.5 Å². The van der Waals surface area contributed by atoms with Crippen LogP contribution in [0.5, 0.6) is 11.5 Å². The predicted octanol–water partition coefficient (Wildman–Crippen LogP) is 4.48. The topological polar surface area (TPSA) is 46.5 Å². The summed E-state index contributed by atoms with van der Waals surface area (Å²) in [6.07, 6.45) is 2.43. The second-order valence-electron chi connectivity index (χ2n) is 3.91. The predicted molar refractivity (Wildman–Crippen MR) is 77.3 cm³/mol. The number of carboxylic acid groups (broad SMARTS) is 1. The van der Waals surface area contributed by atoms with E-state index in [0.29, 0.717) is 17.1 Å².